The Hall–Kier alpha value is -1.92. The summed E-state index contributed by atoms with van der Waals surface area (Å²) in [5.74, 6) is 0.800. The number of aromatic nitrogens is 3. The number of amides is 2. The van der Waals surface area contributed by atoms with Crippen molar-refractivity contribution in [1.82, 2.24) is 25.4 Å². The zero-order valence-corrected chi connectivity index (χ0v) is 10.2. The Balaban J connectivity index is 1.58. The van der Waals surface area contributed by atoms with E-state index < -0.39 is 0 Å². The third kappa shape index (κ3) is 3.54. The fraction of sp³-hybridized carbons (Fsp3) is 0.636. The zero-order valence-electron chi connectivity index (χ0n) is 10.2. The van der Waals surface area contributed by atoms with Crippen LogP contribution in [-0.2, 0) is 16.0 Å². The average Bonchev–Trinajstić information content (AvgIpc) is 2.98. The maximum absolute atomic E-state index is 11.6. The third-order valence-electron chi connectivity index (χ3n) is 2.88. The molecule has 1 saturated heterocycles. The van der Waals surface area contributed by atoms with Crippen LogP contribution in [0.3, 0.4) is 0 Å². The fourth-order valence-corrected chi connectivity index (χ4v) is 1.94. The average molecular weight is 251 g/mol. The van der Waals surface area contributed by atoms with Gasteiger partial charge in [0.2, 0.25) is 11.8 Å². The predicted molar refractivity (Wildman–Crippen MR) is 63.5 cm³/mol. The van der Waals surface area contributed by atoms with Crippen molar-refractivity contribution in [1.29, 1.82) is 0 Å². The lowest BCUT2D eigenvalue weighted by Gasteiger charge is -2.14. The monoisotopic (exact) mass is 251 g/mol. The molecule has 1 aromatic heterocycles. The number of nitrogens with one attached hydrogen (secondary N) is 2. The Morgan fingerprint density at radius 2 is 2.44 bits per heavy atom. The van der Waals surface area contributed by atoms with E-state index >= 15 is 0 Å². The summed E-state index contributed by atoms with van der Waals surface area (Å²) >= 11 is 0. The molecule has 2 amide bonds. The van der Waals surface area contributed by atoms with Crippen molar-refractivity contribution in [3.8, 4) is 0 Å². The van der Waals surface area contributed by atoms with E-state index in [0.29, 0.717) is 19.5 Å². The van der Waals surface area contributed by atoms with E-state index in [1.165, 1.54) is 6.33 Å². The van der Waals surface area contributed by atoms with Crippen molar-refractivity contribution in [3.05, 3.63) is 12.2 Å². The number of aryl methyl sites for hydroxylation is 1. The highest BCUT2D eigenvalue weighted by Crippen LogP contribution is 2.08. The summed E-state index contributed by atoms with van der Waals surface area (Å²) in [6, 6.07) is 0. The molecule has 18 heavy (non-hydrogen) atoms. The molecule has 2 N–H and O–H groups in total. The number of aromatic amines is 1. The van der Waals surface area contributed by atoms with Crippen LogP contribution in [0.25, 0.3) is 0 Å². The number of hydrogen-bond acceptors (Lipinski definition) is 4. The number of carbonyl (C=O) groups is 2. The second-order valence-corrected chi connectivity index (χ2v) is 4.30. The Bertz CT molecular complexity index is 404. The first kappa shape index (κ1) is 12.5. The van der Waals surface area contributed by atoms with Gasteiger partial charge in [0.15, 0.2) is 0 Å². The topological polar surface area (TPSA) is 91.0 Å². The zero-order chi connectivity index (χ0) is 12.8. The predicted octanol–water partition coefficient (Wildman–Crippen LogP) is -0.524. The quantitative estimate of drug-likeness (QED) is 0.665. The number of likely N-dealkylation sites (tertiary alicyclic amines) is 1. The van der Waals surface area contributed by atoms with Gasteiger partial charge in [0.05, 0.1) is 6.54 Å². The molecule has 1 fully saturated rings. The molecule has 1 aliphatic rings. The minimum atomic E-state index is -0.0946. The van der Waals surface area contributed by atoms with Gasteiger partial charge in [-0.15, -0.1) is 0 Å². The molecule has 1 aromatic rings. The largest absolute Gasteiger partial charge is 0.355 e. The van der Waals surface area contributed by atoms with Gasteiger partial charge in [-0.25, -0.2) is 4.98 Å². The van der Waals surface area contributed by atoms with Gasteiger partial charge in [-0.3, -0.25) is 14.7 Å². The molecule has 2 rings (SSSR count). The van der Waals surface area contributed by atoms with E-state index in [1.54, 1.807) is 4.90 Å². The molecule has 0 unspecified atom stereocenters. The molecule has 0 bridgehead atoms. The summed E-state index contributed by atoms with van der Waals surface area (Å²) in [4.78, 5) is 28.5. The molecule has 2 heterocycles. The summed E-state index contributed by atoms with van der Waals surface area (Å²) in [6.07, 6.45) is 4.45. The van der Waals surface area contributed by atoms with E-state index in [4.69, 9.17) is 0 Å². The third-order valence-corrected chi connectivity index (χ3v) is 2.88. The minimum absolute atomic E-state index is 0.0757. The lowest BCUT2D eigenvalue weighted by Crippen LogP contribution is -2.38. The molecule has 0 aromatic carbocycles. The standard InChI is InChI=1S/C11H17N5O2/c17-10(7-16-6-2-4-11(16)18)12-5-1-3-9-13-8-14-15-9/h8H,1-7H2,(H,12,17)(H,13,14,15). The van der Waals surface area contributed by atoms with Gasteiger partial charge >= 0.3 is 0 Å². The molecule has 0 radical (unpaired) electrons. The minimum Gasteiger partial charge on any atom is -0.355 e. The molecule has 0 spiro atoms. The maximum Gasteiger partial charge on any atom is 0.239 e. The van der Waals surface area contributed by atoms with E-state index in [-0.39, 0.29) is 18.4 Å². The van der Waals surface area contributed by atoms with Crippen molar-refractivity contribution in [2.24, 2.45) is 0 Å². The Labute approximate surface area is 105 Å². The smallest absolute Gasteiger partial charge is 0.239 e. The van der Waals surface area contributed by atoms with E-state index in [1.807, 2.05) is 0 Å². The first-order chi connectivity index (χ1) is 8.75. The summed E-state index contributed by atoms with van der Waals surface area (Å²) in [5.41, 5.74) is 0. The van der Waals surface area contributed by atoms with E-state index in [9.17, 15) is 9.59 Å². The number of rotatable bonds is 6. The van der Waals surface area contributed by atoms with Crippen LogP contribution >= 0.6 is 0 Å². The van der Waals surface area contributed by atoms with Crippen LogP contribution in [0.5, 0.6) is 0 Å². The first-order valence-corrected chi connectivity index (χ1v) is 6.14. The Morgan fingerprint density at radius 3 is 3.11 bits per heavy atom. The second-order valence-electron chi connectivity index (χ2n) is 4.30. The normalized spacial score (nSPS) is 15.1. The molecular weight excluding hydrogens is 234 g/mol. The van der Waals surface area contributed by atoms with Crippen molar-refractivity contribution >= 4 is 11.8 Å². The second kappa shape index (κ2) is 6.13. The fourth-order valence-electron chi connectivity index (χ4n) is 1.94. The van der Waals surface area contributed by atoms with Crippen molar-refractivity contribution in [2.75, 3.05) is 19.6 Å². The summed E-state index contributed by atoms with van der Waals surface area (Å²) in [7, 11) is 0. The summed E-state index contributed by atoms with van der Waals surface area (Å²) in [6.45, 7) is 1.47. The van der Waals surface area contributed by atoms with Crippen LogP contribution in [-0.4, -0.2) is 51.5 Å². The molecule has 98 valence electrons. The Kier molecular flexibility index (Phi) is 4.27. The van der Waals surface area contributed by atoms with Crippen molar-refractivity contribution in [3.63, 3.8) is 0 Å². The molecule has 7 heteroatoms. The molecule has 1 aliphatic heterocycles. The SMILES string of the molecule is O=C(CN1CCCC1=O)NCCCc1ncn[nH]1. The van der Waals surface area contributed by atoms with Crippen LogP contribution in [0.2, 0.25) is 0 Å². The van der Waals surface area contributed by atoms with Gasteiger partial charge in [-0.2, -0.15) is 5.10 Å². The summed E-state index contributed by atoms with van der Waals surface area (Å²) in [5, 5.41) is 9.31. The van der Waals surface area contributed by atoms with Gasteiger partial charge < -0.3 is 10.2 Å². The lowest BCUT2D eigenvalue weighted by molar-refractivity contribution is -0.133. The van der Waals surface area contributed by atoms with Gasteiger partial charge in [0, 0.05) is 25.9 Å². The maximum atomic E-state index is 11.6. The van der Waals surface area contributed by atoms with Crippen LogP contribution in [0.4, 0.5) is 0 Å². The molecule has 0 saturated carbocycles. The van der Waals surface area contributed by atoms with Gasteiger partial charge in [0.1, 0.15) is 12.2 Å². The molecule has 7 nitrogen and oxygen atoms in total. The van der Waals surface area contributed by atoms with Gasteiger partial charge in [0.25, 0.3) is 0 Å². The van der Waals surface area contributed by atoms with Crippen molar-refractivity contribution in [2.45, 2.75) is 25.7 Å². The van der Waals surface area contributed by atoms with E-state index in [0.717, 1.165) is 25.1 Å². The summed E-state index contributed by atoms with van der Waals surface area (Å²) < 4.78 is 0. The number of H-pyrrole nitrogens is 1. The van der Waals surface area contributed by atoms with Crippen LogP contribution < -0.4 is 5.32 Å². The van der Waals surface area contributed by atoms with E-state index in [2.05, 4.69) is 20.5 Å². The van der Waals surface area contributed by atoms with Crippen molar-refractivity contribution < 1.29 is 9.59 Å². The number of hydrogen-bond donors (Lipinski definition) is 2. The van der Waals surface area contributed by atoms with Crippen LogP contribution in [0.15, 0.2) is 6.33 Å². The Morgan fingerprint density at radius 1 is 1.56 bits per heavy atom. The lowest BCUT2D eigenvalue weighted by atomic mass is 10.3. The number of carbonyl (C=O) groups excluding carboxylic acids is 2. The highest BCUT2D eigenvalue weighted by atomic mass is 16.2. The van der Waals surface area contributed by atoms with Gasteiger partial charge in [-0.05, 0) is 12.8 Å². The van der Waals surface area contributed by atoms with Crippen LogP contribution in [0, 0.1) is 0 Å². The highest BCUT2D eigenvalue weighted by Gasteiger charge is 2.21. The number of nitrogens with zero attached hydrogens (tertiary/aromatic N) is 3. The molecule has 0 aliphatic carbocycles. The molecule has 0 atom stereocenters. The van der Waals surface area contributed by atoms with Gasteiger partial charge in [-0.1, -0.05) is 0 Å². The highest BCUT2D eigenvalue weighted by molar-refractivity contribution is 5.85. The first-order valence-electron chi connectivity index (χ1n) is 6.14. The molecular formula is C11H17N5O2. The van der Waals surface area contributed by atoms with Crippen LogP contribution in [0.1, 0.15) is 25.1 Å².